The predicted molar refractivity (Wildman–Crippen MR) is 167 cm³/mol. The Morgan fingerprint density at radius 2 is 1.51 bits per heavy atom. The number of benzene rings is 4. The number of hydrogen-bond donors (Lipinski definition) is 3. The van der Waals surface area contributed by atoms with E-state index in [4.69, 9.17) is 5.73 Å². The SMILES string of the molecule is C[C@H](Nc1ncnc(N)c1C#N)c1nc2ccc(F)cc2n1-c1ccc(F)cc1.O=[N+]([O-])c1ccc(F)cc1Nc1ccc(F)cc1. The summed E-state index contributed by atoms with van der Waals surface area (Å²) in [6.07, 6.45) is 1.25. The van der Waals surface area contributed by atoms with Crippen molar-refractivity contribution in [3.8, 4) is 11.8 Å². The zero-order valence-electron chi connectivity index (χ0n) is 24.3. The molecule has 4 N–H and O–H groups in total. The van der Waals surface area contributed by atoms with Gasteiger partial charge in [0, 0.05) is 29.6 Å². The first-order chi connectivity index (χ1) is 22.5. The third-order valence-electron chi connectivity index (χ3n) is 6.73. The summed E-state index contributed by atoms with van der Waals surface area (Å²) in [5.41, 5.74) is 7.79. The minimum absolute atomic E-state index is 0.0200. The highest BCUT2D eigenvalue weighted by Crippen LogP contribution is 2.30. The zero-order valence-corrected chi connectivity index (χ0v) is 24.3. The molecule has 0 aliphatic heterocycles. The number of aromatic nitrogens is 4. The van der Waals surface area contributed by atoms with Crippen molar-refractivity contribution in [2.45, 2.75) is 13.0 Å². The van der Waals surface area contributed by atoms with Gasteiger partial charge in [-0.2, -0.15) is 5.26 Å². The fourth-order valence-electron chi connectivity index (χ4n) is 4.56. The quantitative estimate of drug-likeness (QED) is 0.0920. The molecule has 15 heteroatoms. The number of nitro groups is 1. The van der Waals surface area contributed by atoms with Crippen molar-refractivity contribution >= 4 is 39.7 Å². The lowest BCUT2D eigenvalue weighted by atomic mass is 10.2. The van der Waals surface area contributed by atoms with Crippen molar-refractivity contribution in [2.24, 2.45) is 0 Å². The molecular formula is C32H23F4N9O2. The Balaban J connectivity index is 0.000000207. The largest absolute Gasteiger partial charge is 0.382 e. The Labute approximate surface area is 264 Å². The zero-order chi connectivity index (χ0) is 33.7. The fourth-order valence-corrected chi connectivity index (χ4v) is 4.56. The lowest BCUT2D eigenvalue weighted by Crippen LogP contribution is -2.15. The first-order valence-corrected chi connectivity index (χ1v) is 13.7. The molecule has 0 aliphatic rings. The Morgan fingerprint density at radius 1 is 0.894 bits per heavy atom. The van der Waals surface area contributed by atoms with Gasteiger partial charge in [0.15, 0.2) is 0 Å². The van der Waals surface area contributed by atoms with E-state index in [-0.39, 0.29) is 34.4 Å². The number of nitrogens with two attached hydrogens (primary N) is 1. The molecule has 47 heavy (non-hydrogen) atoms. The van der Waals surface area contributed by atoms with Crippen molar-refractivity contribution in [3.63, 3.8) is 0 Å². The number of hydrogen-bond acceptors (Lipinski definition) is 9. The summed E-state index contributed by atoms with van der Waals surface area (Å²) >= 11 is 0. The smallest absolute Gasteiger partial charge is 0.292 e. The lowest BCUT2D eigenvalue weighted by Gasteiger charge is -2.17. The van der Waals surface area contributed by atoms with Crippen molar-refractivity contribution in [3.05, 3.63) is 136 Å². The summed E-state index contributed by atoms with van der Waals surface area (Å²) in [5, 5.41) is 25.9. The van der Waals surface area contributed by atoms with Crippen LogP contribution in [0.4, 0.5) is 46.3 Å². The summed E-state index contributed by atoms with van der Waals surface area (Å²) in [6, 6.07) is 19.9. The highest BCUT2D eigenvalue weighted by atomic mass is 19.1. The lowest BCUT2D eigenvalue weighted by molar-refractivity contribution is -0.384. The van der Waals surface area contributed by atoms with E-state index in [2.05, 4.69) is 25.6 Å². The molecule has 0 saturated carbocycles. The number of nitrogen functional groups attached to an aromatic ring is 1. The Kier molecular flexibility index (Phi) is 9.22. The van der Waals surface area contributed by atoms with E-state index in [1.807, 2.05) is 13.0 Å². The maximum atomic E-state index is 13.9. The summed E-state index contributed by atoms with van der Waals surface area (Å²) < 4.78 is 54.8. The molecule has 236 valence electrons. The molecule has 0 amide bonds. The second-order valence-corrected chi connectivity index (χ2v) is 9.93. The van der Waals surface area contributed by atoms with E-state index in [1.165, 1.54) is 54.9 Å². The van der Waals surface area contributed by atoms with Crippen molar-refractivity contribution in [2.75, 3.05) is 16.4 Å². The Morgan fingerprint density at radius 3 is 2.17 bits per heavy atom. The average Bonchev–Trinajstić information content (AvgIpc) is 3.42. The van der Waals surface area contributed by atoms with Crippen LogP contribution in [0.1, 0.15) is 24.4 Å². The maximum absolute atomic E-state index is 13.9. The van der Waals surface area contributed by atoms with Crippen LogP contribution in [0.25, 0.3) is 16.7 Å². The van der Waals surface area contributed by atoms with Crippen molar-refractivity contribution in [1.82, 2.24) is 19.5 Å². The van der Waals surface area contributed by atoms with Gasteiger partial charge in [-0.05, 0) is 73.7 Å². The van der Waals surface area contributed by atoms with E-state index < -0.39 is 28.4 Å². The molecule has 0 saturated heterocycles. The molecule has 0 radical (unpaired) electrons. The van der Waals surface area contributed by atoms with Crippen LogP contribution in [0.2, 0.25) is 0 Å². The summed E-state index contributed by atoms with van der Waals surface area (Å²) in [4.78, 5) is 22.7. The Hall–Kier alpha value is -6.56. The van der Waals surface area contributed by atoms with Crippen LogP contribution in [0.3, 0.4) is 0 Å². The number of nitrogens with zero attached hydrogens (tertiary/aromatic N) is 6. The monoisotopic (exact) mass is 641 g/mol. The molecule has 0 fully saturated rings. The number of imidazole rings is 1. The number of nitriles is 1. The number of nitro benzene ring substituents is 1. The number of fused-ring (bicyclic) bond motifs is 1. The minimum Gasteiger partial charge on any atom is -0.382 e. The topological polar surface area (TPSA) is 161 Å². The van der Waals surface area contributed by atoms with Crippen LogP contribution < -0.4 is 16.4 Å². The molecule has 0 bridgehead atoms. The predicted octanol–water partition coefficient (Wildman–Crippen LogP) is 7.34. The van der Waals surface area contributed by atoms with Gasteiger partial charge >= 0.3 is 0 Å². The van der Waals surface area contributed by atoms with Gasteiger partial charge in [-0.1, -0.05) is 0 Å². The van der Waals surface area contributed by atoms with Gasteiger partial charge in [0.2, 0.25) is 0 Å². The number of nitrogens with one attached hydrogen (secondary N) is 2. The van der Waals surface area contributed by atoms with Crippen LogP contribution >= 0.6 is 0 Å². The van der Waals surface area contributed by atoms with Crippen LogP contribution in [0, 0.1) is 44.7 Å². The molecule has 0 unspecified atom stereocenters. The standard InChI is InChI=1S/C20H15F2N7.C12H8F2N2O2/c1-11(27-19-15(9-23)18(24)25-10-26-19)20-28-16-7-4-13(22)8-17(16)29(20)14-5-2-12(21)3-6-14;13-8-1-4-10(5-2-8)15-11-7-9(14)3-6-12(11)16(17)18/h2-8,10-11H,1H3,(H3,24,25,26,27);1-7,15H/t11-;/m0./s1. The van der Waals surface area contributed by atoms with E-state index in [0.717, 1.165) is 18.2 Å². The second kappa shape index (κ2) is 13.6. The van der Waals surface area contributed by atoms with Crippen LogP contribution in [-0.4, -0.2) is 24.4 Å². The molecule has 1 atom stereocenters. The van der Waals surface area contributed by atoms with Gasteiger partial charge < -0.3 is 16.4 Å². The van der Waals surface area contributed by atoms with Gasteiger partial charge in [-0.25, -0.2) is 32.5 Å². The van der Waals surface area contributed by atoms with Crippen molar-refractivity contribution < 1.29 is 22.5 Å². The number of halogens is 4. The molecule has 4 aromatic carbocycles. The minimum atomic E-state index is -0.620. The van der Waals surface area contributed by atoms with Crippen LogP contribution in [-0.2, 0) is 0 Å². The van der Waals surface area contributed by atoms with Crippen LogP contribution in [0.5, 0.6) is 0 Å². The number of rotatable bonds is 7. The maximum Gasteiger partial charge on any atom is 0.292 e. The Bertz CT molecular complexity index is 2120. The summed E-state index contributed by atoms with van der Waals surface area (Å²) in [6.45, 7) is 1.82. The van der Waals surface area contributed by atoms with E-state index >= 15 is 0 Å². The van der Waals surface area contributed by atoms with Crippen molar-refractivity contribution in [1.29, 1.82) is 5.26 Å². The normalized spacial score (nSPS) is 11.2. The average molecular weight is 642 g/mol. The van der Waals surface area contributed by atoms with E-state index in [9.17, 15) is 32.9 Å². The molecule has 11 nitrogen and oxygen atoms in total. The van der Waals surface area contributed by atoms with E-state index in [1.54, 1.807) is 22.8 Å². The molecule has 6 aromatic rings. The summed E-state index contributed by atoms with van der Waals surface area (Å²) in [7, 11) is 0. The second-order valence-electron chi connectivity index (χ2n) is 9.93. The molecule has 2 aromatic heterocycles. The van der Waals surface area contributed by atoms with Gasteiger partial charge in [0.1, 0.15) is 64.4 Å². The molecule has 6 rings (SSSR count). The first kappa shape index (κ1) is 31.9. The van der Waals surface area contributed by atoms with Gasteiger partial charge in [0.05, 0.1) is 22.0 Å². The van der Waals surface area contributed by atoms with Gasteiger partial charge in [0.25, 0.3) is 5.69 Å². The molecule has 0 spiro atoms. The molecule has 0 aliphatic carbocycles. The third kappa shape index (κ3) is 7.23. The molecule has 2 heterocycles. The highest BCUT2D eigenvalue weighted by molar-refractivity contribution is 5.79. The highest BCUT2D eigenvalue weighted by Gasteiger charge is 2.21. The summed E-state index contributed by atoms with van der Waals surface area (Å²) in [5.74, 6) is -0.962. The molecular weight excluding hydrogens is 618 g/mol. The van der Waals surface area contributed by atoms with Gasteiger partial charge in [-0.3, -0.25) is 14.7 Å². The van der Waals surface area contributed by atoms with Gasteiger partial charge in [-0.15, -0.1) is 0 Å². The van der Waals surface area contributed by atoms with E-state index in [0.29, 0.717) is 28.2 Å². The van der Waals surface area contributed by atoms with Crippen LogP contribution in [0.15, 0.2) is 91.3 Å². The third-order valence-corrected chi connectivity index (χ3v) is 6.73. The first-order valence-electron chi connectivity index (χ1n) is 13.7. The fraction of sp³-hybridized carbons (Fsp3) is 0.0625. The number of anilines is 4.